The summed E-state index contributed by atoms with van der Waals surface area (Å²) < 4.78 is 11.2. The minimum absolute atomic E-state index is 0.0764. The van der Waals surface area contributed by atoms with Gasteiger partial charge < -0.3 is 20.1 Å². The lowest BCUT2D eigenvalue weighted by Crippen LogP contribution is -2.29. The second-order valence-corrected chi connectivity index (χ2v) is 6.39. The Hall–Kier alpha value is -2.60. The predicted octanol–water partition coefficient (Wildman–Crippen LogP) is 2.46. The highest BCUT2D eigenvalue weighted by molar-refractivity contribution is 5.91. The summed E-state index contributed by atoms with van der Waals surface area (Å²) in [5.41, 5.74) is 1.70. The van der Waals surface area contributed by atoms with Crippen molar-refractivity contribution in [2.45, 2.75) is 12.8 Å². The molecule has 0 saturated heterocycles. The Kier molecular flexibility index (Phi) is 4.52. The molecule has 0 unspecified atom stereocenters. The van der Waals surface area contributed by atoms with Gasteiger partial charge in [-0.15, -0.1) is 0 Å². The highest BCUT2D eigenvalue weighted by Gasteiger charge is 2.20. The van der Waals surface area contributed by atoms with Crippen LogP contribution in [-0.4, -0.2) is 37.2 Å². The third-order valence-electron chi connectivity index (χ3n) is 4.27. The van der Waals surface area contributed by atoms with Crippen molar-refractivity contribution in [2.24, 2.45) is 5.92 Å². The number of aromatic nitrogens is 1. The average molecular weight is 339 g/mol. The number of rotatable bonds is 6. The van der Waals surface area contributed by atoms with E-state index in [-0.39, 0.29) is 5.91 Å². The van der Waals surface area contributed by atoms with Crippen LogP contribution < -0.4 is 20.1 Å². The summed E-state index contributed by atoms with van der Waals surface area (Å²) in [6.07, 6.45) is 2.54. The van der Waals surface area contributed by atoms with E-state index in [4.69, 9.17) is 9.47 Å². The molecular formula is C19H21N3O3. The second kappa shape index (κ2) is 7.11. The van der Waals surface area contributed by atoms with Crippen molar-refractivity contribution in [1.29, 1.82) is 0 Å². The zero-order chi connectivity index (χ0) is 17.1. The van der Waals surface area contributed by atoms with E-state index in [1.165, 1.54) is 12.8 Å². The van der Waals surface area contributed by atoms with Gasteiger partial charge >= 0.3 is 0 Å². The van der Waals surface area contributed by atoms with Gasteiger partial charge in [0.05, 0.1) is 12.2 Å². The van der Waals surface area contributed by atoms with Crippen LogP contribution in [-0.2, 0) is 4.79 Å². The lowest BCUT2D eigenvalue weighted by Gasteiger charge is -2.18. The topological polar surface area (TPSA) is 72.5 Å². The first-order valence-electron chi connectivity index (χ1n) is 8.65. The molecule has 0 atom stereocenters. The van der Waals surface area contributed by atoms with Crippen LogP contribution >= 0.6 is 0 Å². The fourth-order valence-electron chi connectivity index (χ4n) is 2.77. The number of amides is 1. The molecule has 130 valence electrons. The second-order valence-electron chi connectivity index (χ2n) is 6.39. The lowest BCUT2D eigenvalue weighted by atomic mass is 10.1. The van der Waals surface area contributed by atoms with Gasteiger partial charge in [0, 0.05) is 5.56 Å². The molecule has 2 N–H and O–H groups in total. The number of anilines is 1. The monoisotopic (exact) mass is 339 g/mol. The van der Waals surface area contributed by atoms with Crippen LogP contribution in [0.4, 0.5) is 5.82 Å². The summed E-state index contributed by atoms with van der Waals surface area (Å²) in [5.74, 6) is 2.70. The number of hydrogen-bond acceptors (Lipinski definition) is 5. The molecular weight excluding hydrogens is 318 g/mol. The number of pyridine rings is 1. The van der Waals surface area contributed by atoms with Crippen LogP contribution in [0.25, 0.3) is 11.3 Å². The Bertz CT molecular complexity index is 774. The zero-order valence-corrected chi connectivity index (χ0v) is 14.0. The van der Waals surface area contributed by atoms with E-state index < -0.39 is 0 Å². The van der Waals surface area contributed by atoms with Crippen molar-refractivity contribution in [3.05, 3.63) is 36.4 Å². The summed E-state index contributed by atoms with van der Waals surface area (Å²) >= 11 is 0. The minimum Gasteiger partial charge on any atom is -0.486 e. The third-order valence-corrected chi connectivity index (χ3v) is 4.27. The maximum atomic E-state index is 12.0. The van der Waals surface area contributed by atoms with Gasteiger partial charge in [-0.1, -0.05) is 6.07 Å². The zero-order valence-electron chi connectivity index (χ0n) is 14.0. The maximum absolute atomic E-state index is 12.0. The van der Waals surface area contributed by atoms with E-state index >= 15 is 0 Å². The molecule has 1 aliphatic carbocycles. The number of carbonyl (C=O) groups is 1. The van der Waals surface area contributed by atoms with Crippen molar-refractivity contribution >= 4 is 11.7 Å². The molecule has 6 nitrogen and oxygen atoms in total. The van der Waals surface area contributed by atoms with Gasteiger partial charge in [0.25, 0.3) is 0 Å². The van der Waals surface area contributed by atoms with Gasteiger partial charge in [-0.05, 0) is 55.6 Å². The highest BCUT2D eigenvalue weighted by atomic mass is 16.6. The van der Waals surface area contributed by atoms with Crippen LogP contribution in [0.5, 0.6) is 11.5 Å². The molecule has 1 aliphatic heterocycles. The SMILES string of the molecule is O=C(CNCC1CC1)Nc1cccc(-c2ccc3c(c2)OCCO3)n1. The first-order valence-corrected chi connectivity index (χ1v) is 8.65. The maximum Gasteiger partial charge on any atom is 0.239 e. The lowest BCUT2D eigenvalue weighted by molar-refractivity contribution is -0.115. The van der Waals surface area contributed by atoms with E-state index in [0.29, 0.717) is 25.6 Å². The van der Waals surface area contributed by atoms with Gasteiger partial charge in [0.1, 0.15) is 19.0 Å². The van der Waals surface area contributed by atoms with Crippen molar-refractivity contribution in [1.82, 2.24) is 10.3 Å². The number of benzene rings is 1. The van der Waals surface area contributed by atoms with Gasteiger partial charge in [-0.2, -0.15) is 0 Å². The number of nitrogens with one attached hydrogen (secondary N) is 2. The molecule has 25 heavy (non-hydrogen) atoms. The Balaban J connectivity index is 1.42. The molecule has 0 radical (unpaired) electrons. The number of carbonyl (C=O) groups excluding carboxylic acids is 1. The third kappa shape index (κ3) is 4.09. The summed E-state index contributed by atoms with van der Waals surface area (Å²) in [7, 11) is 0. The van der Waals surface area contributed by atoms with E-state index in [0.717, 1.165) is 35.2 Å². The number of nitrogens with zero attached hydrogens (tertiary/aromatic N) is 1. The average Bonchev–Trinajstić information content (AvgIpc) is 3.46. The summed E-state index contributed by atoms with van der Waals surface area (Å²) in [4.78, 5) is 16.5. The molecule has 0 bridgehead atoms. The van der Waals surface area contributed by atoms with E-state index in [2.05, 4.69) is 15.6 Å². The van der Waals surface area contributed by atoms with E-state index in [1.807, 2.05) is 30.3 Å². The first-order chi connectivity index (χ1) is 12.3. The van der Waals surface area contributed by atoms with Crippen molar-refractivity contribution in [2.75, 3.05) is 31.6 Å². The fourth-order valence-corrected chi connectivity index (χ4v) is 2.77. The molecule has 4 rings (SSSR count). The molecule has 1 aromatic carbocycles. The number of ether oxygens (including phenoxy) is 2. The molecule has 0 spiro atoms. The summed E-state index contributed by atoms with van der Waals surface area (Å²) in [6.45, 7) is 2.35. The first kappa shape index (κ1) is 15.9. The largest absolute Gasteiger partial charge is 0.486 e. The molecule has 1 amide bonds. The number of fused-ring (bicyclic) bond motifs is 1. The highest BCUT2D eigenvalue weighted by Crippen LogP contribution is 2.34. The molecule has 2 aliphatic rings. The molecule has 1 saturated carbocycles. The van der Waals surface area contributed by atoms with Crippen molar-refractivity contribution in [3.8, 4) is 22.8 Å². The molecule has 2 aromatic rings. The molecule has 1 aromatic heterocycles. The van der Waals surface area contributed by atoms with Gasteiger partial charge in [-0.25, -0.2) is 4.98 Å². The van der Waals surface area contributed by atoms with Crippen LogP contribution in [0, 0.1) is 5.92 Å². The quantitative estimate of drug-likeness (QED) is 0.846. The molecule has 6 heteroatoms. The number of hydrogen-bond donors (Lipinski definition) is 2. The van der Waals surface area contributed by atoms with E-state index in [9.17, 15) is 4.79 Å². The van der Waals surface area contributed by atoms with Gasteiger partial charge in [0.15, 0.2) is 11.5 Å². The normalized spacial score (nSPS) is 15.7. The van der Waals surface area contributed by atoms with E-state index in [1.54, 1.807) is 6.07 Å². The van der Waals surface area contributed by atoms with Crippen LogP contribution in [0.15, 0.2) is 36.4 Å². The van der Waals surface area contributed by atoms with Crippen molar-refractivity contribution in [3.63, 3.8) is 0 Å². The van der Waals surface area contributed by atoms with Gasteiger partial charge in [0.2, 0.25) is 5.91 Å². The van der Waals surface area contributed by atoms with Crippen molar-refractivity contribution < 1.29 is 14.3 Å². The Morgan fingerprint density at radius 1 is 1.12 bits per heavy atom. The minimum atomic E-state index is -0.0764. The standard InChI is InChI=1S/C19H21N3O3/c23-19(12-20-11-13-4-5-13)22-18-3-1-2-15(21-18)14-6-7-16-17(10-14)25-9-8-24-16/h1-3,6-7,10,13,20H,4-5,8-9,11-12H2,(H,21,22,23). The summed E-state index contributed by atoms with van der Waals surface area (Å²) in [5, 5.41) is 6.02. The molecule has 2 heterocycles. The predicted molar refractivity (Wildman–Crippen MR) is 94.9 cm³/mol. The smallest absolute Gasteiger partial charge is 0.239 e. The Morgan fingerprint density at radius 2 is 1.96 bits per heavy atom. The fraction of sp³-hybridized carbons (Fsp3) is 0.368. The summed E-state index contributed by atoms with van der Waals surface area (Å²) in [6, 6.07) is 11.3. The van der Waals surface area contributed by atoms with Crippen LogP contribution in [0.3, 0.4) is 0 Å². The van der Waals surface area contributed by atoms with Crippen LogP contribution in [0.1, 0.15) is 12.8 Å². The Morgan fingerprint density at radius 3 is 2.80 bits per heavy atom. The Labute approximate surface area is 146 Å². The van der Waals surface area contributed by atoms with Crippen LogP contribution in [0.2, 0.25) is 0 Å². The van der Waals surface area contributed by atoms with Gasteiger partial charge in [-0.3, -0.25) is 4.79 Å². The molecule has 1 fully saturated rings.